The van der Waals surface area contributed by atoms with Crippen LogP contribution in [-0.2, 0) is 29.1 Å². The van der Waals surface area contributed by atoms with Crippen LogP contribution in [0, 0.1) is 11.3 Å². The lowest BCUT2D eigenvalue weighted by molar-refractivity contribution is -0.152. The van der Waals surface area contributed by atoms with E-state index < -0.39 is 43.9 Å². The maximum atomic E-state index is 13.8. The first-order valence-corrected chi connectivity index (χ1v) is 23.7. The number of nitrogens with one attached hydrogen (secondary N) is 1. The Kier molecular flexibility index (Phi) is 15.7. The number of rotatable bonds is 20. The SMILES string of the molecule is COc1ccc(C(OC[C@H]2O[C@@H](n3cnc4c(NC(=O)c5ccccc5)ncnc43)CC2OP(CC(=O)OC(C)(C)CC#N)N(C(C)C)C(C)C)(c2ccccc2)c2ccc(OC)cc2)cc1. The number of methoxy groups -OCH3 is 2. The number of hydrogen-bond donors (Lipinski definition) is 1. The van der Waals surface area contributed by atoms with Crippen LogP contribution in [0.1, 0.15) is 87.7 Å². The average Bonchev–Trinajstić information content (AvgIpc) is 3.94. The van der Waals surface area contributed by atoms with Crippen LogP contribution in [0.15, 0.2) is 122 Å². The Morgan fingerprint density at radius 1 is 0.851 bits per heavy atom. The lowest BCUT2D eigenvalue weighted by Gasteiger charge is -2.40. The highest BCUT2D eigenvalue weighted by Crippen LogP contribution is 2.50. The van der Waals surface area contributed by atoms with Crippen molar-refractivity contribution < 1.29 is 37.8 Å². The van der Waals surface area contributed by atoms with Gasteiger partial charge in [-0.05, 0) is 94.6 Å². The molecule has 0 saturated carbocycles. The third-order valence-corrected chi connectivity index (χ3v) is 14.0. The molecule has 1 fully saturated rings. The third kappa shape index (κ3) is 11.1. The van der Waals surface area contributed by atoms with Gasteiger partial charge in [0.15, 0.2) is 17.0 Å². The molecule has 1 aliphatic rings. The highest BCUT2D eigenvalue weighted by atomic mass is 31.2. The minimum Gasteiger partial charge on any atom is -0.497 e. The van der Waals surface area contributed by atoms with E-state index in [1.165, 1.54) is 6.33 Å². The fourth-order valence-corrected chi connectivity index (χ4v) is 10.7. The van der Waals surface area contributed by atoms with E-state index in [0.29, 0.717) is 34.6 Å². The van der Waals surface area contributed by atoms with Crippen LogP contribution in [0.4, 0.5) is 5.82 Å². The second-order valence-corrected chi connectivity index (χ2v) is 19.0. The Bertz CT molecular complexity index is 2570. The molecule has 15 nitrogen and oxygen atoms in total. The van der Waals surface area contributed by atoms with E-state index in [1.54, 1.807) is 58.7 Å². The van der Waals surface area contributed by atoms with Gasteiger partial charge >= 0.3 is 5.97 Å². The summed E-state index contributed by atoms with van der Waals surface area (Å²) in [6, 6.07) is 36.6. The Balaban J connectivity index is 1.30. The number of fused-ring (bicyclic) bond motifs is 1. The van der Waals surface area contributed by atoms with Crippen LogP contribution >= 0.6 is 8.30 Å². The number of amides is 1. The van der Waals surface area contributed by atoms with E-state index in [0.717, 1.165) is 16.7 Å². The second kappa shape index (κ2) is 21.6. The molecule has 3 heterocycles. The predicted octanol–water partition coefficient (Wildman–Crippen LogP) is 9.44. The van der Waals surface area contributed by atoms with Gasteiger partial charge in [0.2, 0.25) is 0 Å². The summed E-state index contributed by atoms with van der Waals surface area (Å²) in [7, 11) is 1.60. The topological polar surface area (TPSA) is 172 Å². The molecule has 0 radical (unpaired) electrons. The fourth-order valence-electron chi connectivity index (χ4n) is 8.46. The Hall–Kier alpha value is -6.27. The van der Waals surface area contributed by atoms with Crippen molar-refractivity contribution in [2.24, 2.45) is 0 Å². The molecule has 6 aromatic rings. The molecule has 0 aliphatic carbocycles. The van der Waals surface area contributed by atoms with E-state index in [4.69, 9.17) is 28.2 Å². The van der Waals surface area contributed by atoms with E-state index >= 15 is 0 Å². The Morgan fingerprint density at radius 3 is 2.00 bits per heavy atom. The molecule has 4 atom stereocenters. The standard InChI is InChI=1S/C51H58N7O8P/c1-34(2)58(35(3)4)67(31-45(59)65-50(5,6)27-28-52)66-42-29-44(57-33-55-46-47(53-32-54-48(46)57)56-49(60)36-15-11-9-12-16-36)64-43(42)30-63-51(37-17-13-10-14-18-37,38-19-23-40(61-7)24-20-38)39-21-25-41(62-8)26-22-39/h9-26,32-35,42-44H,27,29-31H2,1-8H3,(H,53,54,56,60)/t42?,43-,44-,67?/m1/s1. The molecule has 2 aromatic heterocycles. The molecule has 0 spiro atoms. The highest BCUT2D eigenvalue weighted by molar-refractivity contribution is 7.51. The molecule has 1 amide bonds. The molecule has 1 N–H and O–H groups in total. The number of aromatic nitrogens is 4. The zero-order valence-corrected chi connectivity index (χ0v) is 40.1. The largest absolute Gasteiger partial charge is 0.497 e. The van der Waals surface area contributed by atoms with Crippen LogP contribution in [0.25, 0.3) is 11.2 Å². The van der Waals surface area contributed by atoms with Gasteiger partial charge in [-0.15, -0.1) is 0 Å². The van der Waals surface area contributed by atoms with Crippen LogP contribution in [-0.4, -0.2) is 92.9 Å². The number of esters is 1. The van der Waals surface area contributed by atoms with Gasteiger partial charge in [0.05, 0.1) is 45.7 Å². The lowest BCUT2D eigenvalue weighted by Crippen LogP contribution is -2.40. The van der Waals surface area contributed by atoms with Crippen molar-refractivity contribution in [1.82, 2.24) is 24.2 Å². The first-order valence-electron chi connectivity index (χ1n) is 22.3. The quantitative estimate of drug-likeness (QED) is 0.0436. The number of carbonyl (C=O) groups excluding carboxylic acids is 2. The summed E-state index contributed by atoms with van der Waals surface area (Å²) in [5.41, 5.74) is 1.69. The summed E-state index contributed by atoms with van der Waals surface area (Å²) in [4.78, 5) is 40.7. The van der Waals surface area contributed by atoms with Crippen LogP contribution in [0.3, 0.4) is 0 Å². The van der Waals surface area contributed by atoms with Crippen molar-refractivity contribution in [3.05, 3.63) is 144 Å². The van der Waals surface area contributed by atoms with E-state index in [9.17, 15) is 14.9 Å². The number of nitriles is 1. The minimum atomic E-state index is -1.66. The zero-order chi connectivity index (χ0) is 47.7. The van der Waals surface area contributed by atoms with Crippen LogP contribution < -0.4 is 14.8 Å². The van der Waals surface area contributed by atoms with Gasteiger partial charge in [0.1, 0.15) is 55.8 Å². The molecule has 350 valence electrons. The fraction of sp³-hybridized carbons (Fsp3) is 0.373. The van der Waals surface area contributed by atoms with Crippen LogP contribution in [0.2, 0.25) is 0 Å². The zero-order valence-electron chi connectivity index (χ0n) is 39.2. The van der Waals surface area contributed by atoms with E-state index in [1.807, 2.05) is 89.5 Å². The molecule has 0 bridgehead atoms. The van der Waals surface area contributed by atoms with E-state index in [-0.39, 0.29) is 43.0 Å². The van der Waals surface area contributed by atoms with Gasteiger partial charge < -0.3 is 33.5 Å². The summed E-state index contributed by atoms with van der Waals surface area (Å²) < 4.78 is 42.7. The van der Waals surface area contributed by atoms with Crippen molar-refractivity contribution in [2.75, 3.05) is 32.3 Å². The van der Waals surface area contributed by atoms with Crippen molar-refractivity contribution in [3.8, 4) is 17.6 Å². The molecule has 7 rings (SSSR count). The maximum Gasteiger partial charge on any atom is 0.314 e. The maximum absolute atomic E-state index is 13.8. The smallest absolute Gasteiger partial charge is 0.314 e. The first kappa shape index (κ1) is 48.7. The summed E-state index contributed by atoms with van der Waals surface area (Å²) in [5.74, 6) is 0.832. The molecule has 1 saturated heterocycles. The normalized spacial score (nSPS) is 16.8. The molecule has 16 heteroatoms. The summed E-state index contributed by atoms with van der Waals surface area (Å²) in [6.45, 7) is 11.8. The average molecular weight is 928 g/mol. The highest BCUT2D eigenvalue weighted by Gasteiger charge is 2.45. The van der Waals surface area contributed by atoms with Gasteiger partial charge in [0, 0.05) is 24.1 Å². The van der Waals surface area contributed by atoms with Gasteiger partial charge in [-0.25, -0.2) is 15.0 Å². The number of hydrogen-bond acceptors (Lipinski definition) is 13. The van der Waals surface area contributed by atoms with Gasteiger partial charge in [-0.1, -0.05) is 72.8 Å². The van der Waals surface area contributed by atoms with Crippen molar-refractivity contribution in [2.45, 2.75) is 96.1 Å². The molecule has 2 unspecified atom stereocenters. The minimum absolute atomic E-state index is 0.00599. The number of ether oxygens (including phenoxy) is 5. The summed E-state index contributed by atoms with van der Waals surface area (Å²) >= 11 is 0. The summed E-state index contributed by atoms with van der Waals surface area (Å²) in [5, 5.41) is 12.3. The Labute approximate surface area is 393 Å². The number of nitrogens with zero attached hydrogens (tertiary/aromatic N) is 6. The monoisotopic (exact) mass is 927 g/mol. The van der Waals surface area contributed by atoms with Crippen molar-refractivity contribution in [1.29, 1.82) is 5.26 Å². The molecular weight excluding hydrogens is 870 g/mol. The van der Waals surface area contributed by atoms with Gasteiger partial charge in [-0.2, -0.15) is 5.26 Å². The second-order valence-electron chi connectivity index (χ2n) is 17.3. The summed E-state index contributed by atoms with van der Waals surface area (Å²) in [6.07, 6.45) is 1.30. The number of anilines is 1. The van der Waals surface area contributed by atoms with E-state index in [2.05, 4.69) is 58.7 Å². The first-order chi connectivity index (χ1) is 32.3. The number of carbonyl (C=O) groups is 2. The molecule has 4 aromatic carbocycles. The number of benzene rings is 4. The van der Waals surface area contributed by atoms with Gasteiger partial charge in [-0.3, -0.25) is 18.8 Å². The molecule has 67 heavy (non-hydrogen) atoms. The Morgan fingerprint density at radius 2 is 1.43 bits per heavy atom. The van der Waals surface area contributed by atoms with Gasteiger partial charge in [0.25, 0.3) is 5.91 Å². The number of imidazole rings is 1. The third-order valence-electron chi connectivity index (χ3n) is 11.5. The van der Waals surface area contributed by atoms with Crippen molar-refractivity contribution in [3.63, 3.8) is 0 Å². The van der Waals surface area contributed by atoms with Crippen molar-refractivity contribution >= 4 is 37.2 Å². The molecule has 1 aliphatic heterocycles. The predicted molar refractivity (Wildman–Crippen MR) is 256 cm³/mol. The lowest BCUT2D eigenvalue weighted by atomic mass is 9.80. The molecular formula is C51H58N7O8P. The van der Waals surface area contributed by atoms with Crippen LogP contribution in [0.5, 0.6) is 11.5 Å².